The quantitative estimate of drug-likeness (QED) is 0.299. The minimum atomic E-state index is -0.688. The molecule has 3 aromatic rings. The number of carbonyl (C=O) groups excluding carboxylic acids is 2. The van der Waals surface area contributed by atoms with Crippen LogP contribution in [0.4, 0.5) is 4.39 Å². The molecule has 0 saturated carbocycles. The number of methoxy groups -OCH3 is 1. The van der Waals surface area contributed by atoms with E-state index in [1.165, 1.54) is 31.0 Å². The van der Waals surface area contributed by atoms with E-state index in [1.54, 1.807) is 18.3 Å². The molecule has 0 radical (unpaired) electrons. The van der Waals surface area contributed by atoms with Gasteiger partial charge in [-0.3, -0.25) is 4.79 Å². The third-order valence-electron chi connectivity index (χ3n) is 4.33. The molecule has 156 valence electrons. The summed E-state index contributed by atoms with van der Waals surface area (Å²) in [6.45, 7) is 3.14. The Hall–Kier alpha value is -3.20. The summed E-state index contributed by atoms with van der Waals surface area (Å²) in [5.41, 5.74) is 2.03. The molecule has 0 fully saturated rings. The molecule has 2 aromatic heterocycles. The lowest BCUT2D eigenvalue weighted by Crippen LogP contribution is -2.15. The van der Waals surface area contributed by atoms with Gasteiger partial charge in [-0.25, -0.2) is 14.2 Å². The number of Topliss-reactive ketones (excluding diaryl/α,β-unsaturated/α-hetero) is 1. The first kappa shape index (κ1) is 21.5. The molecule has 0 saturated heterocycles. The van der Waals surface area contributed by atoms with Crippen LogP contribution in [0.3, 0.4) is 0 Å². The first-order valence-electron chi connectivity index (χ1n) is 8.94. The molecule has 0 aliphatic heterocycles. The second-order valence-corrected chi connectivity index (χ2v) is 7.26. The van der Waals surface area contributed by atoms with Gasteiger partial charge in [-0.15, -0.1) is 11.8 Å². The Morgan fingerprint density at radius 2 is 2.03 bits per heavy atom. The first-order chi connectivity index (χ1) is 14.4. The highest BCUT2D eigenvalue weighted by atomic mass is 32.2. The van der Waals surface area contributed by atoms with Gasteiger partial charge >= 0.3 is 5.97 Å². The van der Waals surface area contributed by atoms with E-state index < -0.39 is 24.2 Å². The van der Waals surface area contributed by atoms with Crippen LogP contribution in [0.1, 0.15) is 37.7 Å². The summed E-state index contributed by atoms with van der Waals surface area (Å²) in [5.74, 6) is -0.635. The number of ketones is 1. The fourth-order valence-corrected chi connectivity index (χ4v) is 3.78. The fraction of sp³-hybridized carbons (Fsp3) is 0.238. The van der Waals surface area contributed by atoms with Crippen LogP contribution in [0, 0.1) is 19.7 Å². The summed E-state index contributed by atoms with van der Waals surface area (Å²) in [4.78, 5) is 29.0. The number of esters is 1. The number of ether oxygens (including phenoxy) is 2. The smallest absolute Gasteiger partial charge is 0.341 e. The highest BCUT2D eigenvalue weighted by molar-refractivity contribution is 7.98. The van der Waals surface area contributed by atoms with Gasteiger partial charge in [-0.05, 0) is 44.2 Å². The number of hydrogen-bond donors (Lipinski definition) is 0. The van der Waals surface area contributed by atoms with Crippen molar-refractivity contribution < 1.29 is 28.0 Å². The van der Waals surface area contributed by atoms with Crippen molar-refractivity contribution in [1.82, 2.24) is 10.1 Å². The molecule has 0 aliphatic rings. The number of thioether (sulfide) groups is 1. The minimum absolute atomic E-state index is 0.0267. The van der Waals surface area contributed by atoms with Gasteiger partial charge in [-0.2, -0.15) is 0 Å². The van der Waals surface area contributed by atoms with Gasteiger partial charge < -0.3 is 14.0 Å². The summed E-state index contributed by atoms with van der Waals surface area (Å²) < 4.78 is 28.9. The molecule has 3 rings (SSSR count). The maximum atomic E-state index is 13.8. The summed E-state index contributed by atoms with van der Waals surface area (Å²) in [6.07, 6.45) is 1.57. The van der Waals surface area contributed by atoms with Crippen molar-refractivity contribution in [1.29, 1.82) is 0 Å². The topological polar surface area (TPSA) is 91.5 Å². The average molecular weight is 430 g/mol. The molecule has 0 bridgehead atoms. The molecule has 7 nitrogen and oxygen atoms in total. The molecule has 0 N–H and O–H groups in total. The van der Waals surface area contributed by atoms with Crippen LogP contribution in [-0.2, 0) is 10.5 Å². The standard InChI is InChI=1S/C21H19FN2O5S/c1-12-16(13(2)29-24-12)11-30-20-15(5-4-8-23-20)21(26)28-10-18(25)14-6-7-19(27-3)17(22)9-14/h4-9H,10-11H2,1-3H3. The Morgan fingerprint density at radius 1 is 1.23 bits per heavy atom. The van der Waals surface area contributed by atoms with Crippen molar-refractivity contribution in [3.63, 3.8) is 0 Å². The normalized spacial score (nSPS) is 10.7. The van der Waals surface area contributed by atoms with E-state index >= 15 is 0 Å². The van der Waals surface area contributed by atoms with Crippen LogP contribution in [0.5, 0.6) is 5.75 Å². The Balaban J connectivity index is 1.65. The van der Waals surface area contributed by atoms with Gasteiger partial charge in [0.05, 0.1) is 18.4 Å². The highest BCUT2D eigenvalue weighted by Crippen LogP contribution is 2.27. The summed E-state index contributed by atoms with van der Waals surface area (Å²) in [5, 5.41) is 4.37. The number of halogens is 1. The minimum Gasteiger partial charge on any atom is -0.494 e. The van der Waals surface area contributed by atoms with Gasteiger partial charge in [-0.1, -0.05) is 5.16 Å². The van der Waals surface area contributed by atoms with E-state index in [-0.39, 0.29) is 16.9 Å². The molecule has 0 amide bonds. The molecule has 0 spiro atoms. The Labute approximate surface area is 176 Å². The number of aryl methyl sites for hydroxylation is 2. The molecule has 1 aromatic carbocycles. The van der Waals surface area contributed by atoms with Crippen molar-refractivity contribution in [3.8, 4) is 5.75 Å². The molecule has 0 unspecified atom stereocenters. The van der Waals surface area contributed by atoms with Crippen LogP contribution >= 0.6 is 11.8 Å². The number of benzene rings is 1. The van der Waals surface area contributed by atoms with E-state index in [4.69, 9.17) is 14.0 Å². The Bertz CT molecular complexity index is 1060. The third kappa shape index (κ3) is 4.85. The zero-order valence-corrected chi connectivity index (χ0v) is 17.4. The largest absolute Gasteiger partial charge is 0.494 e. The van der Waals surface area contributed by atoms with E-state index in [0.29, 0.717) is 16.5 Å². The molecule has 30 heavy (non-hydrogen) atoms. The number of aromatic nitrogens is 2. The predicted octanol–water partition coefficient (Wildman–Crippen LogP) is 4.17. The van der Waals surface area contributed by atoms with Crippen LogP contribution in [-0.4, -0.2) is 35.6 Å². The summed E-state index contributed by atoms with van der Waals surface area (Å²) in [6, 6.07) is 6.98. The molecule has 9 heteroatoms. The number of nitrogens with zero attached hydrogens (tertiary/aromatic N) is 2. The number of rotatable bonds is 8. The maximum absolute atomic E-state index is 13.8. The lowest BCUT2D eigenvalue weighted by molar-refractivity contribution is 0.0470. The van der Waals surface area contributed by atoms with Crippen molar-refractivity contribution >= 4 is 23.5 Å². The second-order valence-electron chi connectivity index (χ2n) is 6.30. The van der Waals surface area contributed by atoms with E-state index in [1.807, 2.05) is 13.8 Å². The van der Waals surface area contributed by atoms with Gasteiger partial charge in [0.25, 0.3) is 0 Å². The molecule has 0 aliphatic carbocycles. The molecule has 2 heterocycles. The lowest BCUT2D eigenvalue weighted by Gasteiger charge is -2.09. The Morgan fingerprint density at radius 3 is 2.70 bits per heavy atom. The molecular weight excluding hydrogens is 411 g/mol. The predicted molar refractivity (Wildman–Crippen MR) is 107 cm³/mol. The van der Waals surface area contributed by atoms with Gasteiger partial charge in [0, 0.05) is 23.1 Å². The number of carbonyl (C=O) groups is 2. The number of hydrogen-bond acceptors (Lipinski definition) is 8. The lowest BCUT2D eigenvalue weighted by atomic mass is 10.1. The van der Waals surface area contributed by atoms with E-state index in [2.05, 4.69) is 10.1 Å². The van der Waals surface area contributed by atoms with Gasteiger partial charge in [0.15, 0.2) is 24.0 Å². The van der Waals surface area contributed by atoms with Crippen molar-refractivity contribution in [2.75, 3.05) is 13.7 Å². The van der Waals surface area contributed by atoms with E-state index in [9.17, 15) is 14.0 Å². The van der Waals surface area contributed by atoms with Crippen LogP contribution in [0.2, 0.25) is 0 Å². The number of pyridine rings is 1. The van der Waals surface area contributed by atoms with Crippen LogP contribution in [0.25, 0.3) is 0 Å². The maximum Gasteiger partial charge on any atom is 0.341 e. The second kappa shape index (κ2) is 9.53. The van der Waals surface area contributed by atoms with Crippen molar-refractivity contribution in [3.05, 3.63) is 70.5 Å². The van der Waals surface area contributed by atoms with Gasteiger partial charge in [0.1, 0.15) is 10.8 Å². The van der Waals surface area contributed by atoms with Crippen molar-refractivity contribution in [2.24, 2.45) is 0 Å². The third-order valence-corrected chi connectivity index (χ3v) is 5.37. The zero-order valence-electron chi connectivity index (χ0n) is 16.6. The Kier molecular flexibility index (Phi) is 6.83. The average Bonchev–Trinajstić information content (AvgIpc) is 3.07. The van der Waals surface area contributed by atoms with Crippen LogP contribution < -0.4 is 4.74 Å². The van der Waals surface area contributed by atoms with E-state index in [0.717, 1.165) is 17.3 Å². The summed E-state index contributed by atoms with van der Waals surface area (Å²) in [7, 11) is 1.33. The van der Waals surface area contributed by atoms with Gasteiger partial charge in [0.2, 0.25) is 0 Å². The summed E-state index contributed by atoms with van der Waals surface area (Å²) >= 11 is 1.34. The fourth-order valence-electron chi connectivity index (χ4n) is 2.64. The highest BCUT2D eigenvalue weighted by Gasteiger charge is 2.18. The monoisotopic (exact) mass is 430 g/mol. The van der Waals surface area contributed by atoms with Crippen molar-refractivity contribution in [2.45, 2.75) is 24.6 Å². The molecular formula is C21H19FN2O5S. The zero-order chi connectivity index (χ0) is 21.7. The molecule has 0 atom stereocenters. The van der Waals surface area contributed by atoms with Crippen LogP contribution in [0.15, 0.2) is 46.1 Å². The first-order valence-corrected chi connectivity index (χ1v) is 9.92. The SMILES string of the molecule is COc1ccc(C(=O)COC(=O)c2cccnc2SCc2c(C)noc2C)cc1F.